The summed E-state index contributed by atoms with van der Waals surface area (Å²) in [4.78, 5) is 17.8. The van der Waals surface area contributed by atoms with Crippen LogP contribution in [0.4, 0.5) is 4.39 Å². The van der Waals surface area contributed by atoms with Crippen LogP contribution in [0.5, 0.6) is 0 Å². The lowest BCUT2D eigenvalue weighted by Gasteiger charge is -2.34. The summed E-state index contributed by atoms with van der Waals surface area (Å²) < 4.78 is 18.0. The Labute approximate surface area is 111 Å². The molecule has 104 valence electrons. The zero-order chi connectivity index (χ0) is 13.9. The number of methoxy groups -OCH3 is 1. The van der Waals surface area contributed by atoms with Crippen molar-refractivity contribution in [2.24, 2.45) is 5.73 Å². The number of carbonyl (C=O) groups excluding carboxylic acids is 1. The van der Waals surface area contributed by atoms with E-state index in [1.807, 2.05) is 4.90 Å². The maximum Gasteiger partial charge on any atom is 0.240 e. The molecule has 6 heteroatoms. The molecule has 1 aromatic heterocycles. The van der Waals surface area contributed by atoms with Crippen LogP contribution >= 0.6 is 0 Å². The van der Waals surface area contributed by atoms with Crippen LogP contribution in [-0.4, -0.2) is 41.6 Å². The van der Waals surface area contributed by atoms with Gasteiger partial charge in [-0.05, 0) is 31.5 Å². The number of likely N-dealkylation sites (tertiary alicyclic amines) is 1. The minimum atomic E-state index is -0.773. The molecule has 0 aliphatic carbocycles. The molecule has 0 radical (unpaired) electrons. The Hall–Kier alpha value is -1.53. The first kappa shape index (κ1) is 13.9. The molecule has 1 amide bonds. The van der Waals surface area contributed by atoms with Gasteiger partial charge in [-0.25, -0.2) is 4.39 Å². The van der Waals surface area contributed by atoms with Gasteiger partial charge < -0.3 is 10.5 Å². The zero-order valence-electron chi connectivity index (χ0n) is 10.9. The van der Waals surface area contributed by atoms with Gasteiger partial charge in [0.05, 0.1) is 18.5 Å². The van der Waals surface area contributed by atoms with Crippen molar-refractivity contribution < 1.29 is 13.9 Å². The number of aromatic nitrogens is 1. The van der Waals surface area contributed by atoms with Crippen LogP contribution in [0.2, 0.25) is 0 Å². The topological polar surface area (TPSA) is 68.5 Å². The second-order valence-electron chi connectivity index (χ2n) is 4.82. The van der Waals surface area contributed by atoms with E-state index in [1.54, 1.807) is 13.2 Å². The van der Waals surface area contributed by atoms with Crippen molar-refractivity contribution in [2.45, 2.75) is 24.9 Å². The number of hydrogen-bond donors (Lipinski definition) is 1. The van der Waals surface area contributed by atoms with Crippen molar-refractivity contribution in [1.82, 2.24) is 9.88 Å². The van der Waals surface area contributed by atoms with Crippen LogP contribution in [-0.2, 0) is 16.1 Å². The predicted octanol–water partition coefficient (Wildman–Crippen LogP) is 0.687. The number of nitrogens with two attached hydrogens (primary N) is 1. The molecule has 2 rings (SSSR count). The van der Waals surface area contributed by atoms with Crippen LogP contribution in [0.25, 0.3) is 0 Å². The smallest absolute Gasteiger partial charge is 0.240 e. The third kappa shape index (κ3) is 2.74. The lowest BCUT2D eigenvalue weighted by Crippen LogP contribution is -2.56. The fourth-order valence-electron chi connectivity index (χ4n) is 2.61. The lowest BCUT2D eigenvalue weighted by atomic mass is 9.96. The minimum absolute atomic E-state index is 0.267. The highest BCUT2D eigenvalue weighted by molar-refractivity contribution is 5.85. The average Bonchev–Trinajstić information content (AvgIpc) is 2.77. The summed E-state index contributed by atoms with van der Waals surface area (Å²) in [5.41, 5.74) is 5.49. The molecule has 1 atom stereocenters. The first-order chi connectivity index (χ1) is 9.08. The Morgan fingerprint density at radius 2 is 2.42 bits per heavy atom. The number of nitrogens with zero attached hydrogens (tertiary/aromatic N) is 2. The van der Waals surface area contributed by atoms with E-state index < -0.39 is 5.54 Å². The second-order valence-corrected chi connectivity index (χ2v) is 4.82. The maximum atomic E-state index is 12.8. The summed E-state index contributed by atoms with van der Waals surface area (Å²) in [5.74, 6) is -0.753. The van der Waals surface area contributed by atoms with Gasteiger partial charge in [0.2, 0.25) is 5.91 Å². The number of ether oxygens (including phenoxy) is 1. The van der Waals surface area contributed by atoms with Crippen molar-refractivity contribution in [3.63, 3.8) is 0 Å². The highest BCUT2D eigenvalue weighted by atomic mass is 19.1. The van der Waals surface area contributed by atoms with Gasteiger partial charge in [-0.3, -0.25) is 14.7 Å². The van der Waals surface area contributed by atoms with Gasteiger partial charge >= 0.3 is 0 Å². The Bertz CT molecular complexity index is 452. The molecule has 1 aliphatic heterocycles. The van der Waals surface area contributed by atoms with Crippen molar-refractivity contribution in [1.29, 1.82) is 0 Å². The van der Waals surface area contributed by atoms with Crippen LogP contribution in [0.15, 0.2) is 18.3 Å². The average molecular weight is 267 g/mol. The van der Waals surface area contributed by atoms with Crippen molar-refractivity contribution in [3.8, 4) is 0 Å². The summed E-state index contributed by atoms with van der Waals surface area (Å²) in [5, 5.41) is 0. The number of halogens is 1. The number of hydrogen-bond acceptors (Lipinski definition) is 4. The van der Waals surface area contributed by atoms with E-state index in [-0.39, 0.29) is 18.3 Å². The molecule has 1 aliphatic rings. The summed E-state index contributed by atoms with van der Waals surface area (Å²) in [7, 11) is 1.55. The van der Waals surface area contributed by atoms with Crippen molar-refractivity contribution in [2.75, 3.05) is 20.3 Å². The van der Waals surface area contributed by atoms with Gasteiger partial charge in [-0.15, -0.1) is 0 Å². The molecule has 5 nitrogen and oxygen atoms in total. The van der Waals surface area contributed by atoms with Gasteiger partial charge in [0.25, 0.3) is 0 Å². The lowest BCUT2D eigenvalue weighted by molar-refractivity contribution is -0.132. The van der Waals surface area contributed by atoms with E-state index in [0.29, 0.717) is 18.7 Å². The Balaban J connectivity index is 2.17. The summed E-state index contributed by atoms with van der Waals surface area (Å²) in [6.45, 7) is 1.49. The normalized spacial score (nSPS) is 23.7. The van der Waals surface area contributed by atoms with E-state index in [9.17, 15) is 9.18 Å². The third-order valence-corrected chi connectivity index (χ3v) is 3.61. The van der Waals surface area contributed by atoms with E-state index >= 15 is 0 Å². The molecule has 0 aromatic carbocycles. The number of pyridine rings is 1. The van der Waals surface area contributed by atoms with Crippen molar-refractivity contribution in [3.05, 3.63) is 29.8 Å². The third-order valence-electron chi connectivity index (χ3n) is 3.61. The van der Waals surface area contributed by atoms with Crippen LogP contribution in [0.1, 0.15) is 18.5 Å². The molecular formula is C13H18FN3O2. The quantitative estimate of drug-likeness (QED) is 0.852. The second kappa shape index (κ2) is 5.63. The largest absolute Gasteiger partial charge is 0.382 e. The summed E-state index contributed by atoms with van der Waals surface area (Å²) in [6.07, 6.45) is 2.73. The van der Waals surface area contributed by atoms with Gasteiger partial charge in [0.1, 0.15) is 11.4 Å². The van der Waals surface area contributed by atoms with Gasteiger partial charge in [0.15, 0.2) is 0 Å². The zero-order valence-corrected chi connectivity index (χ0v) is 10.9. The minimum Gasteiger partial charge on any atom is -0.382 e. The molecule has 1 fully saturated rings. The van der Waals surface area contributed by atoms with Crippen LogP contribution in [0.3, 0.4) is 0 Å². The Morgan fingerprint density at radius 3 is 3.00 bits per heavy atom. The highest BCUT2D eigenvalue weighted by Gasteiger charge is 2.46. The molecule has 1 unspecified atom stereocenters. The van der Waals surface area contributed by atoms with E-state index in [1.165, 1.54) is 12.3 Å². The van der Waals surface area contributed by atoms with Gasteiger partial charge in [-0.2, -0.15) is 0 Å². The standard InChI is InChI=1S/C13H18FN3O2/c1-19-9-13(12(15)18)5-2-6-17(13)8-11-4-3-10(14)7-16-11/h3-4,7H,2,5-6,8-9H2,1H3,(H2,15,18). The fourth-order valence-corrected chi connectivity index (χ4v) is 2.61. The number of amides is 1. The highest BCUT2D eigenvalue weighted by Crippen LogP contribution is 2.30. The van der Waals surface area contributed by atoms with Gasteiger partial charge in [-0.1, -0.05) is 0 Å². The first-order valence-corrected chi connectivity index (χ1v) is 6.23. The number of primary amides is 1. The van der Waals surface area contributed by atoms with Gasteiger partial charge in [0, 0.05) is 13.7 Å². The molecule has 0 bridgehead atoms. The molecule has 2 N–H and O–H groups in total. The summed E-state index contributed by atoms with van der Waals surface area (Å²) >= 11 is 0. The molecule has 2 heterocycles. The first-order valence-electron chi connectivity index (χ1n) is 6.23. The van der Waals surface area contributed by atoms with Crippen LogP contribution < -0.4 is 5.73 Å². The molecule has 0 spiro atoms. The molecule has 0 saturated carbocycles. The Kier molecular flexibility index (Phi) is 4.11. The molecular weight excluding hydrogens is 249 g/mol. The monoisotopic (exact) mass is 267 g/mol. The molecule has 1 saturated heterocycles. The maximum absolute atomic E-state index is 12.8. The van der Waals surface area contributed by atoms with E-state index in [2.05, 4.69) is 4.98 Å². The SMILES string of the molecule is COCC1(C(N)=O)CCCN1Cc1ccc(F)cn1. The number of carbonyl (C=O) groups is 1. The van der Waals surface area contributed by atoms with Crippen LogP contribution in [0, 0.1) is 5.82 Å². The van der Waals surface area contributed by atoms with Crippen molar-refractivity contribution >= 4 is 5.91 Å². The predicted molar refractivity (Wildman–Crippen MR) is 67.6 cm³/mol. The van der Waals surface area contributed by atoms with E-state index in [0.717, 1.165) is 13.0 Å². The molecule has 1 aromatic rings. The fraction of sp³-hybridized carbons (Fsp3) is 0.538. The Morgan fingerprint density at radius 1 is 1.63 bits per heavy atom. The summed E-state index contributed by atoms with van der Waals surface area (Å²) in [6, 6.07) is 2.98. The van der Waals surface area contributed by atoms with E-state index in [4.69, 9.17) is 10.5 Å². The number of rotatable bonds is 5. The molecule has 19 heavy (non-hydrogen) atoms.